The van der Waals surface area contributed by atoms with Gasteiger partial charge in [-0.05, 0) is 68.3 Å². The van der Waals surface area contributed by atoms with E-state index < -0.39 is 17.8 Å². The number of methoxy groups -OCH3 is 1. The van der Waals surface area contributed by atoms with E-state index in [-0.39, 0.29) is 23.9 Å². The monoisotopic (exact) mass is 470 g/mol. The number of aromatic amines is 1. The van der Waals surface area contributed by atoms with Gasteiger partial charge in [0.05, 0.1) is 13.2 Å². The Bertz CT molecular complexity index is 1190. The van der Waals surface area contributed by atoms with Gasteiger partial charge in [-0.15, -0.1) is 0 Å². The maximum Gasteiger partial charge on any atom is 0.354 e. The van der Waals surface area contributed by atoms with Gasteiger partial charge >= 0.3 is 5.97 Å². The van der Waals surface area contributed by atoms with Crippen LogP contribution in [-0.4, -0.2) is 40.7 Å². The van der Waals surface area contributed by atoms with Crippen molar-refractivity contribution in [2.24, 2.45) is 0 Å². The van der Waals surface area contributed by atoms with Gasteiger partial charge in [-0.25, -0.2) is 9.18 Å². The lowest BCUT2D eigenvalue weighted by Gasteiger charge is -2.29. The first kappa shape index (κ1) is 24.2. The van der Waals surface area contributed by atoms with E-state index in [1.165, 1.54) is 24.1 Å². The Kier molecular flexibility index (Phi) is 7.33. The molecule has 1 heterocycles. The van der Waals surface area contributed by atoms with E-state index in [0.717, 1.165) is 0 Å². The number of nitrogens with one attached hydrogen (secondary N) is 1. The summed E-state index contributed by atoms with van der Waals surface area (Å²) in [5.41, 5.74) is 2.51. The minimum Gasteiger partial charge on any atom is -0.464 e. The summed E-state index contributed by atoms with van der Waals surface area (Å²) in [5, 5.41) is 0.481. The van der Waals surface area contributed by atoms with E-state index in [1.54, 1.807) is 57.2 Å². The van der Waals surface area contributed by atoms with Crippen molar-refractivity contribution in [1.29, 1.82) is 0 Å². The lowest BCUT2D eigenvalue weighted by atomic mass is 9.98. The van der Waals surface area contributed by atoms with E-state index in [9.17, 15) is 18.8 Å². The predicted octanol–water partition coefficient (Wildman–Crippen LogP) is 5.12. The third-order valence-corrected chi connectivity index (χ3v) is 5.79. The third-order valence-electron chi connectivity index (χ3n) is 5.54. The highest BCUT2D eigenvalue weighted by atomic mass is 35.5. The van der Waals surface area contributed by atoms with Gasteiger partial charge in [-0.2, -0.15) is 0 Å². The maximum absolute atomic E-state index is 13.5. The summed E-state index contributed by atoms with van der Waals surface area (Å²) < 4.78 is 18.2. The van der Waals surface area contributed by atoms with Gasteiger partial charge in [0.2, 0.25) is 0 Å². The Morgan fingerprint density at radius 3 is 2.24 bits per heavy atom. The second-order valence-electron chi connectivity index (χ2n) is 7.72. The van der Waals surface area contributed by atoms with Crippen LogP contribution in [-0.2, 0) is 11.3 Å². The van der Waals surface area contributed by atoms with Crippen LogP contribution in [0.2, 0.25) is 5.02 Å². The summed E-state index contributed by atoms with van der Waals surface area (Å²) in [5.74, 6) is -1.69. The second kappa shape index (κ2) is 10.0. The van der Waals surface area contributed by atoms with Gasteiger partial charge in [0, 0.05) is 28.4 Å². The number of esters is 1. The predicted molar refractivity (Wildman–Crippen MR) is 123 cm³/mol. The molecule has 0 radical (unpaired) electrons. The average molecular weight is 471 g/mol. The van der Waals surface area contributed by atoms with Gasteiger partial charge in [-0.3, -0.25) is 9.59 Å². The standard InChI is InChI=1S/C25H24ClFN2O4/c1-14-21(15(2)28-22(14)25(32)33-4)23(30)16(3)29(13-17-5-11-20(27)12-6-17)24(31)18-7-9-19(26)10-8-18/h5-12,16,28H,13H2,1-4H3/t16-/m1/s1. The minimum atomic E-state index is -0.878. The number of Topliss-reactive ketones (excluding diaryl/α,β-unsaturated/α-hetero) is 1. The number of benzene rings is 2. The fraction of sp³-hybridized carbons (Fsp3) is 0.240. The van der Waals surface area contributed by atoms with Crippen molar-refractivity contribution in [1.82, 2.24) is 9.88 Å². The summed E-state index contributed by atoms with van der Waals surface area (Å²) in [7, 11) is 1.26. The lowest BCUT2D eigenvalue weighted by Crippen LogP contribution is -2.43. The Morgan fingerprint density at radius 2 is 1.67 bits per heavy atom. The van der Waals surface area contributed by atoms with Crippen LogP contribution in [0.4, 0.5) is 4.39 Å². The largest absolute Gasteiger partial charge is 0.464 e. The van der Waals surface area contributed by atoms with Gasteiger partial charge in [0.25, 0.3) is 5.91 Å². The molecule has 3 aromatic rings. The first-order valence-corrected chi connectivity index (χ1v) is 10.6. The first-order chi connectivity index (χ1) is 15.6. The molecule has 0 bridgehead atoms. The molecule has 0 spiro atoms. The van der Waals surface area contributed by atoms with Crippen molar-refractivity contribution in [2.45, 2.75) is 33.4 Å². The molecular formula is C25H24ClFN2O4. The zero-order valence-electron chi connectivity index (χ0n) is 18.7. The van der Waals surface area contributed by atoms with Crippen LogP contribution >= 0.6 is 11.6 Å². The van der Waals surface area contributed by atoms with Crippen LogP contribution in [0.3, 0.4) is 0 Å². The lowest BCUT2D eigenvalue weighted by molar-refractivity contribution is 0.0592. The molecule has 0 aliphatic carbocycles. The first-order valence-electron chi connectivity index (χ1n) is 10.3. The number of ether oxygens (including phenoxy) is 1. The molecule has 0 fully saturated rings. The molecule has 0 saturated heterocycles. The molecule has 172 valence electrons. The van der Waals surface area contributed by atoms with Crippen LogP contribution in [0.25, 0.3) is 0 Å². The number of halogens is 2. The summed E-state index contributed by atoms with van der Waals surface area (Å²) >= 11 is 5.95. The maximum atomic E-state index is 13.5. The molecule has 8 heteroatoms. The molecule has 0 aliphatic heterocycles. The van der Waals surface area contributed by atoms with E-state index >= 15 is 0 Å². The number of rotatable bonds is 7. The number of H-pyrrole nitrogens is 1. The fourth-order valence-electron chi connectivity index (χ4n) is 3.71. The normalized spacial score (nSPS) is 11.7. The Hall–Kier alpha value is -3.45. The molecule has 0 aliphatic rings. The van der Waals surface area contributed by atoms with Gasteiger partial charge in [0.15, 0.2) is 5.78 Å². The Balaban J connectivity index is 2.00. The molecule has 1 N–H and O–H groups in total. The second-order valence-corrected chi connectivity index (χ2v) is 8.16. The number of aromatic nitrogens is 1. The quantitative estimate of drug-likeness (QED) is 0.383. The highest BCUT2D eigenvalue weighted by Gasteiger charge is 2.31. The number of hydrogen-bond acceptors (Lipinski definition) is 4. The summed E-state index contributed by atoms with van der Waals surface area (Å²) in [6, 6.07) is 11.2. The summed E-state index contributed by atoms with van der Waals surface area (Å²) in [4.78, 5) is 43.3. The van der Waals surface area contributed by atoms with E-state index in [2.05, 4.69) is 4.98 Å². The van der Waals surface area contributed by atoms with Gasteiger partial charge in [-0.1, -0.05) is 23.7 Å². The molecule has 1 amide bonds. The van der Waals surface area contributed by atoms with Crippen molar-refractivity contribution in [2.75, 3.05) is 7.11 Å². The molecular weight excluding hydrogens is 447 g/mol. The molecule has 0 saturated carbocycles. The molecule has 1 atom stereocenters. The SMILES string of the molecule is COC(=O)c1[nH]c(C)c(C(=O)[C@@H](C)N(Cc2ccc(F)cc2)C(=O)c2ccc(Cl)cc2)c1C. The van der Waals surface area contributed by atoms with Crippen LogP contribution in [0.15, 0.2) is 48.5 Å². The molecule has 0 unspecified atom stereocenters. The zero-order chi connectivity index (χ0) is 24.3. The highest BCUT2D eigenvalue weighted by molar-refractivity contribution is 6.30. The molecule has 3 rings (SSSR count). The van der Waals surface area contributed by atoms with Crippen molar-refractivity contribution >= 4 is 29.3 Å². The molecule has 2 aromatic carbocycles. The summed E-state index contributed by atoms with van der Waals surface area (Å²) in [6.45, 7) is 5.05. The highest BCUT2D eigenvalue weighted by Crippen LogP contribution is 2.24. The van der Waals surface area contributed by atoms with Crippen LogP contribution < -0.4 is 0 Å². The molecule has 33 heavy (non-hydrogen) atoms. The fourth-order valence-corrected chi connectivity index (χ4v) is 3.83. The Labute approximate surface area is 196 Å². The smallest absolute Gasteiger partial charge is 0.354 e. The van der Waals surface area contributed by atoms with Crippen LogP contribution in [0.1, 0.15) is 54.9 Å². The van der Waals surface area contributed by atoms with E-state index in [4.69, 9.17) is 16.3 Å². The van der Waals surface area contributed by atoms with Crippen molar-refractivity contribution in [3.63, 3.8) is 0 Å². The van der Waals surface area contributed by atoms with Crippen molar-refractivity contribution in [3.05, 3.63) is 93.0 Å². The number of hydrogen-bond donors (Lipinski definition) is 1. The minimum absolute atomic E-state index is 0.0843. The third kappa shape index (κ3) is 5.14. The van der Waals surface area contributed by atoms with Crippen LogP contribution in [0.5, 0.6) is 0 Å². The molecule has 6 nitrogen and oxygen atoms in total. The molecule has 1 aromatic heterocycles. The number of amides is 1. The van der Waals surface area contributed by atoms with Crippen LogP contribution in [0, 0.1) is 19.7 Å². The van der Waals surface area contributed by atoms with E-state index in [1.807, 2.05) is 0 Å². The van der Waals surface area contributed by atoms with Crippen molar-refractivity contribution < 1.29 is 23.5 Å². The summed E-state index contributed by atoms with van der Waals surface area (Å²) in [6.07, 6.45) is 0. The average Bonchev–Trinajstić information content (AvgIpc) is 3.11. The number of aryl methyl sites for hydroxylation is 1. The topological polar surface area (TPSA) is 79.5 Å². The zero-order valence-corrected chi connectivity index (χ0v) is 19.5. The van der Waals surface area contributed by atoms with Crippen molar-refractivity contribution in [3.8, 4) is 0 Å². The van der Waals surface area contributed by atoms with E-state index in [0.29, 0.717) is 33.0 Å². The van der Waals surface area contributed by atoms with Gasteiger partial charge < -0.3 is 14.6 Å². The number of nitrogens with zero attached hydrogens (tertiary/aromatic N) is 1. The van der Waals surface area contributed by atoms with Gasteiger partial charge in [0.1, 0.15) is 11.5 Å². The number of carbonyl (C=O) groups excluding carboxylic acids is 3. The Morgan fingerprint density at radius 1 is 1.06 bits per heavy atom. The number of ketones is 1. The number of carbonyl (C=O) groups is 3.